The lowest BCUT2D eigenvalue weighted by molar-refractivity contribution is -0.132. The first kappa shape index (κ1) is 27.2. The molecule has 3 aliphatic rings. The topological polar surface area (TPSA) is 80.4 Å². The highest BCUT2D eigenvalue weighted by Crippen LogP contribution is 2.43. The number of piperidine rings is 1. The van der Waals surface area contributed by atoms with Crippen LogP contribution >= 0.6 is 11.6 Å². The second kappa shape index (κ2) is 11.5. The van der Waals surface area contributed by atoms with Crippen LogP contribution in [0.2, 0.25) is 5.02 Å². The molecule has 1 aliphatic carbocycles. The van der Waals surface area contributed by atoms with Gasteiger partial charge in [-0.05, 0) is 64.1 Å². The molecule has 8 nitrogen and oxygen atoms in total. The summed E-state index contributed by atoms with van der Waals surface area (Å²) in [5.41, 5.74) is 3.21. The van der Waals surface area contributed by atoms with Crippen LogP contribution in [0.15, 0.2) is 48.8 Å². The number of nitrogens with one attached hydrogen (secondary N) is 2. The van der Waals surface area contributed by atoms with E-state index in [0.29, 0.717) is 28.5 Å². The predicted molar refractivity (Wildman–Crippen MR) is 162 cm³/mol. The van der Waals surface area contributed by atoms with E-state index in [1.807, 2.05) is 43.4 Å². The number of para-hydroxylation sites is 1. The van der Waals surface area contributed by atoms with Crippen LogP contribution in [0.5, 0.6) is 0 Å². The molecule has 1 spiro atoms. The molecule has 2 N–H and O–H groups in total. The zero-order chi connectivity index (χ0) is 27.7. The lowest BCUT2D eigenvalue weighted by atomic mass is 9.70. The molecule has 40 heavy (non-hydrogen) atoms. The number of carbonyl (C=O) groups excluding carboxylic acids is 1. The Morgan fingerprint density at radius 3 is 2.83 bits per heavy atom. The quantitative estimate of drug-likeness (QED) is 0.393. The average molecular weight is 562 g/mol. The van der Waals surface area contributed by atoms with Crippen LogP contribution in [0, 0.1) is 5.41 Å². The molecule has 3 aromatic rings. The van der Waals surface area contributed by atoms with E-state index in [4.69, 9.17) is 16.6 Å². The van der Waals surface area contributed by atoms with Crippen LogP contribution in [0.25, 0.3) is 22.2 Å². The molecule has 212 valence electrons. The Morgan fingerprint density at radius 2 is 2.02 bits per heavy atom. The van der Waals surface area contributed by atoms with Crippen molar-refractivity contribution in [3.8, 4) is 11.3 Å². The van der Waals surface area contributed by atoms with Gasteiger partial charge in [0.25, 0.3) is 0 Å². The molecule has 9 heteroatoms. The molecule has 0 unspecified atom stereocenters. The number of halogens is 1. The van der Waals surface area contributed by atoms with E-state index < -0.39 is 0 Å². The van der Waals surface area contributed by atoms with E-state index in [-0.39, 0.29) is 5.91 Å². The molecule has 2 aromatic heterocycles. The van der Waals surface area contributed by atoms with E-state index in [1.165, 1.54) is 12.8 Å². The van der Waals surface area contributed by atoms with Gasteiger partial charge in [-0.2, -0.15) is 0 Å². The Hall–Kier alpha value is -2.94. The zero-order valence-electron chi connectivity index (χ0n) is 23.6. The van der Waals surface area contributed by atoms with Crippen molar-refractivity contribution in [1.29, 1.82) is 0 Å². The van der Waals surface area contributed by atoms with Gasteiger partial charge in [-0.15, -0.1) is 0 Å². The number of aromatic nitrogens is 3. The molecule has 3 fully saturated rings. The number of benzene rings is 1. The smallest absolute Gasteiger partial charge is 0.246 e. The van der Waals surface area contributed by atoms with Crippen LogP contribution in [0.3, 0.4) is 0 Å². The van der Waals surface area contributed by atoms with Crippen molar-refractivity contribution in [1.82, 2.24) is 29.7 Å². The van der Waals surface area contributed by atoms with Gasteiger partial charge in [-0.3, -0.25) is 9.69 Å². The average Bonchev–Trinajstić information content (AvgIpc) is 3.37. The minimum atomic E-state index is 0.159. The number of fused-ring (bicyclic) bond motifs is 1. The van der Waals surface area contributed by atoms with Crippen molar-refractivity contribution in [2.75, 3.05) is 52.1 Å². The van der Waals surface area contributed by atoms with Crippen LogP contribution in [-0.4, -0.2) is 94.5 Å². The molecule has 1 amide bonds. The van der Waals surface area contributed by atoms with Crippen molar-refractivity contribution in [3.05, 3.63) is 53.8 Å². The lowest BCUT2D eigenvalue weighted by Gasteiger charge is -2.57. The Balaban J connectivity index is 1.03. The van der Waals surface area contributed by atoms with Crippen molar-refractivity contribution >= 4 is 34.4 Å². The second-order valence-corrected chi connectivity index (χ2v) is 12.6. The fourth-order valence-electron chi connectivity index (χ4n) is 6.76. The normalized spacial score (nSPS) is 23.2. The molecular weight excluding hydrogens is 522 g/mol. The SMILES string of the molecule is CN(C)C/C=C/C(=O)N1CCC2(CC1)CN([C@H]1CCC[C@@H](Nc3ncc(Cl)c(-c4c[nH]c5ccccc45)n3)C1)C2. The number of hydrogen-bond acceptors (Lipinski definition) is 6. The number of hydrogen-bond donors (Lipinski definition) is 2. The van der Waals surface area contributed by atoms with Crippen molar-refractivity contribution in [2.24, 2.45) is 5.41 Å². The van der Waals surface area contributed by atoms with E-state index in [1.54, 1.807) is 12.3 Å². The summed E-state index contributed by atoms with van der Waals surface area (Å²) in [5, 5.41) is 5.29. The highest BCUT2D eigenvalue weighted by molar-refractivity contribution is 6.33. The monoisotopic (exact) mass is 561 g/mol. The third-order valence-corrected chi connectivity index (χ3v) is 9.30. The second-order valence-electron chi connectivity index (χ2n) is 12.2. The number of rotatable bonds is 7. The Labute approximate surface area is 241 Å². The van der Waals surface area contributed by atoms with E-state index >= 15 is 0 Å². The first-order chi connectivity index (χ1) is 19.4. The van der Waals surface area contributed by atoms with Gasteiger partial charge in [0.15, 0.2) is 0 Å². The molecule has 1 saturated carbocycles. The van der Waals surface area contributed by atoms with Crippen LogP contribution < -0.4 is 5.32 Å². The van der Waals surface area contributed by atoms with Crippen LogP contribution in [0.4, 0.5) is 5.95 Å². The van der Waals surface area contributed by atoms with Gasteiger partial charge in [-0.1, -0.05) is 35.9 Å². The van der Waals surface area contributed by atoms with Gasteiger partial charge in [-0.25, -0.2) is 9.97 Å². The predicted octanol–water partition coefficient (Wildman–Crippen LogP) is 5.04. The third-order valence-electron chi connectivity index (χ3n) is 9.03. The molecule has 1 aromatic carbocycles. The molecule has 2 atom stereocenters. The largest absolute Gasteiger partial charge is 0.360 e. The molecule has 2 aliphatic heterocycles. The van der Waals surface area contributed by atoms with E-state index in [9.17, 15) is 4.79 Å². The van der Waals surface area contributed by atoms with Gasteiger partial charge < -0.3 is 20.1 Å². The summed E-state index contributed by atoms with van der Waals surface area (Å²) < 4.78 is 0. The number of aromatic amines is 1. The number of carbonyl (C=O) groups is 1. The lowest BCUT2D eigenvalue weighted by Crippen LogP contribution is -2.64. The standard InChI is InChI=1S/C31H40ClN7O/c1-37(2)14-6-11-28(40)38-15-12-31(13-16-38)20-39(21-31)23-8-5-7-22(17-23)35-30-34-19-26(32)29(36-30)25-18-33-27-10-4-3-9-24(25)27/h3-4,6,9-11,18-19,22-23,33H,5,7-8,12-17,20-21H2,1-2H3,(H,34,35,36)/b11-6+/t22-,23+/m1/s1. The number of anilines is 1. The fourth-order valence-corrected chi connectivity index (χ4v) is 6.96. The fraction of sp³-hybridized carbons (Fsp3) is 0.516. The number of nitrogens with zero attached hydrogens (tertiary/aromatic N) is 5. The number of amides is 1. The highest BCUT2D eigenvalue weighted by Gasteiger charge is 2.47. The first-order valence-corrected chi connectivity index (χ1v) is 15.0. The van der Waals surface area contributed by atoms with Gasteiger partial charge in [0.1, 0.15) is 0 Å². The molecule has 0 bridgehead atoms. The minimum Gasteiger partial charge on any atom is -0.360 e. The summed E-state index contributed by atoms with van der Waals surface area (Å²) in [6.45, 7) is 4.86. The van der Waals surface area contributed by atoms with Crippen molar-refractivity contribution in [2.45, 2.75) is 50.6 Å². The minimum absolute atomic E-state index is 0.159. The Morgan fingerprint density at radius 1 is 1.23 bits per heavy atom. The van der Waals surface area contributed by atoms with Gasteiger partial charge in [0, 0.05) is 73.5 Å². The Kier molecular flexibility index (Phi) is 7.84. The maximum absolute atomic E-state index is 12.5. The van der Waals surface area contributed by atoms with Gasteiger partial charge in [0.2, 0.25) is 11.9 Å². The maximum atomic E-state index is 12.5. The number of likely N-dealkylation sites (N-methyl/N-ethyl adjacent to an activating group) is 1. The van der Waals surface area contributed by atoms with Crippen LogP contribution in [-0.2, 0) is 4.79 Å². The Bertz CT molecular complexity index is 1370. The summed E-state index contributed by atoms with van der Waals surface area (Å²) in [5.74, 6) is 0.804. The highest BCUT2D eigenvalue weighted by atomic mass is 35.5. The maximum Gasteiger partial charge on any atom is 0.246 e. The summed E-state index contributed by atoms with van der Waals surface area (Å²) in [6, 6.07) is 9.13. The number of likely N-dealkylation sites (tertiary alicyclic amines) is 2. The molecule has 6 rings (SSSR count). The molecule has 4 heterocycles. The number of H-pyrrole nitrogens is 1. The van der Waals surface area contributed by atoms with E-state index in [0.717, 1.165) is 80.6 Å². The van der Waals surface area contributed by atoms with Crippen molar-refractivity contribution < 1.29 is 4.79 Å². The van der Waals surface area contributed by atoms with Gasteiger partial charge >= 0.3 is 0 Å². The van der Waals surface area contributed by atoms with Gasteiger partial charge in [0.05, 0.1) is 16.9 Å². The molecular formula is C31H40ClN7O. The molecule has 0 radical (unpaired) electrons. The summed E-state index contributed by atoms with van der Waals surface area (Å²) >= 11 is 6.55. The third kappa shape index (κ3) is 5.76. The summed E-state index contributed by atoms with van der Waals surface area (Å²) in [4.78, 5) is 32.0. The first-order valence-electron chi connectivity index (χ1n) is 14.6. The van der Waals surface area contributed by atoms with Crippen molar-refractivity contribution in [3.63, 3.8) is 0 Å². The summed E-state index contributed by atoms with van der Waals surface area (Å²) in [6.07, 6.45) is 14.3. The zero-order valence-corrected chi connectivity index (χ0v) is 24.3. The summed E-state index contributed by atoms with van der Waals surface area (Å²) in [7, 11) is 4.03. The van der Waals surface area contributed by atoms with Crippen LogP contribution in [0.1, 0.15) is 38.5 Å². The molecule has 2 saturated heterocycles. The van der Waals surface area contributed by atoms with E-state index in [2.05, 4.69) is 37.2 Å².